The van der Waals surface area contributed by atoms with E-state index >= 15 is 0 Å². The number of nitrogens with one attached hydrogen (secondary N) is 2. The van der Waals surface area contributed by atoms with Gasteiger partial charge >= 0.3 is 6.09 Å². The first-order valence-electron chi connectivity index (χ1n) is 8.73. The summed E-state index contributed by atoms with van der Waals surface area (Å²) in [6.45, 7) is 8.80. The van der Waals surface area contributed by atoms with Gasteiger partial charge in [0.1, 0.15) is 0 Å². The molecule has 4 nitrogen and oxygen atoms in total. The first-order valence-corrected chi connectivity index (χ1v) is 8.73. The first-order chi connectivity index (χ1) is 12.5. The van der Waals surface area contributed by atoms with Crippen molar-refractivity contribution in [3.8, 4) is 23.0 Å². The number of hydrogen-bond acceptors (Lipinski definition) is 3. The Morgan fingerprint density at radius 2 is 1.85 bits per heavy atom. The minimum absolute atomic E-state index is 0.324. The Labute approximate surface area is 155 Å². The van der Waals surface area contributed by atoms with E-state index < -0.39 is 6.09 Å². The average molecular weight is 350 g/mol. The van der Waals surface area contributed by atoms with Gasteiger partial charge in [-0.2, -0.15) is 0 Å². The standard InChI is InChI=1S/C22H26N2O2/c1-5-6-11-23-24-22(25)26-12-10-19-8-7-9-21(18(19)4)20-14-16(2)13-17(3)15-20/h7-9,13-15,23H,10-12H2,1-4H3,(H,24,25). The molecule has 0 atom stereocenters. The lowest BCUT2D eigenvalue weighted by molar-refractivity contribution is 0.143. The molecule has 4 heteroatoms. The third-order valence-electron chi connectivity index (χ3n) is 4.13. The molecule has 2 N–H and O–H groups in total. The van der Waals surface area contributed by atoms with Crippen molar-refractivity contribution in [2.45, 2.75) is 34.1 Å². The topological polar surface area (TPSA) is 50.4 Å². The van der Waals surface area contributed by atoms with Crippen LogP contribution in [0.4, 0.5) is 4.79 Å². The van der Waals surface area contributed by atoms with Crippen molar-refractivity contribution in [2.75, 3.05) is 13.2 Å². The Balaban J connectivity index is 1.98. The number of carbonyl (C=O) groups excluding carboxylic acids is 1. The van der Waals surface area contributed by atoms with Crippen molar-refractivity contribution in [2.24, 2.45) is 0 Å². The van der Waals surface area contributed by atoms with Crippen LogP contribution in [0.25, 0.3) is 11.1 Å². The number of carbonyl (C=O) groups is 1. The summed E-state index contributed by atoms with van der Waals surface area (Å²) >= 11 is 0. The molecule has 0 aromatic heterocycles. The van der Waals surface area contributed by atoms with Crippen LogP contribution in [0.2, 0.25) is 0 Å². The van der Waals surface area contributed by atoms with E-state index in [0.29, 0.717) is 19.6 Å². The zero-order chi connectivity index (χ0) is 18.9. The van der Waals surface area contributed by atoms with Gasteiger partial charge in [-0.05, 0) is 49.9 Å². The highest BCUT2D eigenvalue weighted by Gasteiger charge is 2.08. The Hall–Kier alpha value is -2.77. The van der Waals surface area contributed by atoms with E-state index in [9.17, 15) is 4.79 Å². The number of hydrazine groups is 1. The molecular weight excluding hydrogens is 324 g/mol. The monoisotopic (exact) mass is 350 g/mol. The predicted octanol–water partition coefficient (Wildman–Crippen LogP) is 4.08. The van der Waals surface area contributed by atoms with E-state index in [4.69, 9.17) is 4.74 Å². The van der Waals surface area contributed by atoms with Crippen molar-refractivity contribution in [3.63, 3.8) is 0 Å². The molecule has 0 aliphatic rings. The van der Waals surface area contributed by atoms with E-state index in [-0.39, 0.29) is 0 Å². The summed E-state index contributed by atoms with van der Waals surface area (Å²) in [5.74, 6) is 5.52. The molecule has 2 rings (SSSR count). The van der Waals surface area contributed by atoms with E-state index in [2.05, 4.69) is 79.9 Å². The van der Waals surface area contributed by atoms with Gasteiger partial charge in [0, 0.05) is 6.42 Å². The second-order valence-corrected chi connectivity index (χ2v) is 6.26. The highest BCUT2D eigenvalue weighted by Crippen LogP contribution is 2.27. The van der Waals surface area contributed by atoms with Gasteiger partial charge in [0.25, 0.3) is 0 Å². The smallest absolute Gasteiger partial charge is 0.421 e. The summed E-state index contributed by atoms with van der Waals surface area (Å²) in [4.78, 5) is 11.6. The maximum Gasteiger partial charge on any atom is 0.421 e. The lowest BCUT2D eigenvalue weighted by atomic mass is 9.93. The summed E-state index contributed by atoms with van der Waals surface area (Å²) in [6, 6.07) is 12.9. The molecule has 0 fully saturated rings. The van der Waals surface area contributed by atoms with Crippen molar-refractivity contribution in [1.82, 2.24) is 10.9 Å². The second kappa shape index (κ2) is 9.65. The van der Waals surface area contributed by atoms with Gasteiger partial charge in [-0.15, -0.1) is 5.92 Å². The van der Waals surface area contributed by atoms with Crippen LogP contribution in [-0.4, -0.2) is 19.2 Å². The van der Waals surface area contributed by atoms with Gasteiger partial charge in [0.15, 0.2) is 0 Å². The van der Waals surface area contributed by atoms with Crippen LogP contribution in [0.15, 0.2) is 36.4 Å². The third kappa shape index (κ3) is 5.65. The minimum atomic E-state index is -0.494. The zero-order valence-corrected chi connectivity index (χ0v) is 15.9. The quantitative estimate of drug-likeness (QED) is 0.469. The largest absolute Gasteiger partial charge is 0.448 e. The zero-order valence-electron chi connectivity index (χ0n) is 15.9. The fourth-order valence-electron chi connectivity index (χ4n) is 2.94. The predicted molar refractivity (Wildman–Crippen MR) is 106 cm³/mol. The molecule has 0 heterocycles. The van der Waals surface area contributed by atoms with Gasteiger partial charge in [-0.1, -0.05) is 53.4 Å². The van der Waals surface area contributed by atoms with E-state index in [1.54, 1.807) is 6.92 Å². The van der Waals surface area contributed by atoms with E-state index in [1.807, 2.05) is 0 Å². The number of rotatable bonds is 6. The molecule has 0 spiro atoms. The van der Waals surface area contributed by atoms with Crippen LogP contribution in [0.3, 0.4) is 0 Å². The van der Waals surface area contributed by atoms with Crippen LogP contribution in [-0.2, 0) is 11.2 Å². The SMILES string of the molecule is CC#CCNNC(=O)OCCc1cccc(-c2cc(C)cc(C)c2)c1C. The van der Waals surface area contributed by atoms with Crippen molar-refractivity contribution in [1.29, 1.82) is 0 Å². The average Bonchev–Trinajstić information content (AvgIpc) is 2.59. The molecule has 136 valence electrons. The molecule has 0 aliphatic carbocycles. The van der Waals surface area contributed by atoms with Crippen LogP contribution in [0, 0.1) is 32.6 Å². The molecule has 0 saturated carbocycles. The summed E-state index contributed by atoms with van der Waals surface area (Å²) in [5, 5.41) is 0. The maximum atomic E-state index is 11.6. The molecule has 0 unspecified atom stereocenters. The molecule has 1 amide bonds. The van der Waals surface area contributed by atoms with Gasteiger partial charge in [0.05, 0.1) is 13.2 Å². The van der Waals surface area contributed by atoms with Crippen LogP contribution >= 0.6 is 0 Å². The Morgan fingerprint density at radius 3 is 2.54 bits per heavy atom. The van der Waals surface area contributed by atoms with E-state index in [1.165, 1.54) is 33.4 Å². The van der Waals surface area contributed by atoms with Crippen LogP contribution < -0.4 is 10.9 Å². The third-order valence-corrected chi connectivity index (χ3v) is 4.13. The van der Waals surface area contributed by atoms with Gasteiger partial charge < -0.3 is 4.74 Å². The molecule has 0 bridgehead atoms. The van der Waals surface area contributed by atoms with Crippen molar-refractivity contribution >= 4 is 6.09 Å². The molecule has 2 aromatic carbocycles. The fourth-order valence-corrected chi connectivity index (χ4v) is 2.94. The number of ether oxygens (including phenoxy) is 1. The Kier molecular flexibility index (Phi) is 7.25. The maximum absolute atomic E-state index is 11.6. The summed E-state index contributed by atoms with van der Waals surface area (Å²) in [7, 11) is 0. The highest BCUT2D eigenvalue weighted by molar-refractivity contribution is 5.70. The Bertz CT molecular complexity index is 812. The summed E-state index contributed by atoms with van der Waals surface area (Å²) in [5.41, 5.74) is 12.5. The fraction of sp³-hybridized carbons (Fsp3) is 0.318. The lowest BCUT2D eigenvalue weighted by Crippen LogP contribution is -2.38. The Morgan fingerprint density at radius 1 is 1.12 bits per heavy atom. The van der Waals surface area contributed by atoms with Gasteiger partial charge in [0.2, 0.25) is 0 Å². The second-order valence-electron chi connectivity index (χ2n) is 6.26. The number of hydrogen-bond donors (Lipinski definition) is 2. The van der Waals surface area contributed by atoms with E-state index in [0.717, 1.165) is 0 Å². The summed E-state index contributed by atoms with van der Waals surface area (Å²) in [6.07, 6.45) is 0.179. The molecule has 0 saturated heterocycles. The van der Waals surface area contributed by atoms with Crippen molar-refractivity contribution in [3.05, 3.63) is 58.7 Å². The molecule has 2 aromatic rings. The van der Waals surface area contributed by atoms with Crippen LogP contribution in [0.5, 0.6) is 0 Å². The molecule has 0 radical (unpaired) electrons. The van der Waals surface area contributed by atoms with Crippen LogP contribution in [0.1, 0.15) is 29.2 Å². The first kappa shape index (κ1) is 19.6. The van der Waals surface area contributed by atoms with Gasteiger partial charge in [-0.3, -0.25) is 5.43 Å². The molecule has 26 heavy (non-hydrogen) atoms. The highest BCUT2D eigenvalue weighted by atomic mass is 16.6. The number of amides is 1. The number of benzene rings is 2. The number of aryl methyl sites for hydroxylation is 2. The summed E-state index contributed by atoms with van der Waals surface area (Å²) < 4.78 is 5.20. The normalized spacial score (nSPS) is 10.0. The minimum Gasteiger partial charge on any atom is -0.448 e. The van der Waals surface area contributed by atoms with Gasteiger partial charge in [-0.25, -0.2) is 10.2 Å². The van der Waals surface area contributed by atoms with Crippen molar-refractivity contribution < 1.29 is 9.53 Å². The molecule has 0 aliphatic heterocycles. The lowest BCUT2D eigenvalue weighted by Gasteiger charge is -2.13. The molecular formula is C22H26N2O2.